The molecule has 5 heavy (non-hydrogen) atoms. The third-order valence-corrected chi connectivity index (χ3v) is 0.0727. The van der Waals surface area contributed by atoms with Crippen LogP contribution < -0.4 is 0 Å². The minimum Gasteiger partial charge on any atom is -0.451 e. The molecule has 0 bridgehead atoms. The van der Waals surface area contributed by atoms with Crippen LogP contribution in [0, 0.1) is 0 Å². The number of hydrogen-bond acceptors (Lipinski definition) is 2. The first kappa shape index (κ1) is 4.84. The van der Waals surface area contributed by atoms with Crippen molar-refractivity contribution >= 4 is 7.69 Å². The molecule has 0 aliphatic heterocycles. The Morgan fingerprint density at radius 3 is 1.60 bits per heavy atom. The van der Waals surface area contributed by atoms with E-state index >= 15 is 0 Å². The lowest BCUT2D eigenvalue weighted by molar-refractivity contribution is -0.0908. The van der Waals surface area contributed by atoms with Gasteiger partial charge in [-0.1, -0.05) is 0 Å². The van der Waals surface area contributed by atoms with Crippen molar-refractivity contribution in [3.05, 3.63) is 0 Å². The fraction of sp³-hybridized carbons (Fsp3) is 0. The Bertz CT molecular complexity index is 15.1. The van der Waals surface area contributed by atoms with Crippen LogP contribution in [-0.2, 0) is 9.72 Å². The highest BCUT2D eigenvalue weighted by Crippen LogP contribution is 1.69. The lowest BCUT2D eigenvalue weighted by atomic mass is 10.4. The van der Waals surface area contributed by atoms with E-state index in [0.717, 1.165) is 0 Å². The maximum atomic E-state index is 10.1. The molecule has 30 valence electrons. The first-order valence-electron chi connectivity index (χ1n) is 0.780. The number of hydrogen-bond donors (Lipinski definition) is 0. The lowest BCUT2D eigenvalue weighted by Crippen LogP contribution is -1.86. The van der Waals surface area contributed by atoms with Gasteiger partial charge in [-0.25, -0.2) is 0 Å². The Morgan fingerprint density at radius 2 is 1.60 bits per heavy atom. The molecule has 0 heterocycles. The molecule has 0 aromatic carbocycles. The van der Waals surface area contributed by atoms with Crippen LogP contribution in [0.5, 0.6) is 0 Å². The van der Waals surface area contributed by atoms with Crippen molar-refractivity contribution in [3.8, 4) is 0 Å². The van der Waals surface area contributed by atoms with Gasteiger partial charge in [0.05, 0.1) is 0 Å². The number of halogens is 2. The van der Waals surface area contributed by atoms with Crippen molar-refractivity contribution in [2.45, 2.75) is 0 Å². The zero-order valence-corrected chi connectivity index (χ0v) is 2.15. The highest BCUT2D eigenvalue weighted by atomic mass is 19.3. The zero-order valence-electron chi connectivity index (χ0n) is 2.15. The molecule has 2 nitrogen and oxygen atoms in total. The van der Waals surface area contributed by atoms with Crippen molar-refractivity contribution in [3.63, 3.8) is 0 Å². The predicted octanol–water partition coefficient (Wildman–Crippen LogP) is 0.323. The van der Waals surface area contributed by atoms with Crippen molar-refractivity contribution < 1.29 is 18.8 Å². The Kier molecular flexibility index (Phi) is 3.73. The maximum absolute atomic E-state index is 10.1. The maximum Gasteiger partial charge on any atom is 0.112 e. The summed E-state index contributed by atoms with van der Waals surface area (Å²) in [6.07, 6.45) is 0. The van der Waals surface area contributed by atoms with Gasteiger partial charge in [-0.3, -0.25) is 0 Å². The minimum absolute atomic E-state index is 0.0833. The SMILES string of the molecule is FO[B-]OF. The smallest absolute Gasteiger partial charge is 0.112 e. The summed E-state index contributed by atoms with van der Waals surface area (Å²) in [6, 6.07) is 0. The predicted molar refractivity (Wildman–Crippen MR) is 10.1 cm³/mol. The zero-order chi connectivity index (χ0) is 4.12. The molecule has 0 amide bonds. The van der Waals surface area contributed by atoms with Crippen LogP contribution in [0.15, 0.2) is 0 Å². The first-order chi connectivity index (χ1) is 2.41. The summed E-state index contributed by atoms with van der Waals surface area (Å²) in [4.78, 5) is 4.94. The Labute approximate surface area is 27.8 Å². The molecule has 0 unspecified atom stereocenters. The van der Waals surface area contributed by atoms with E-state index in [0.29, 0.717) is 0 Å². The van der Waals surface area contributed by atoms with E-state index in [-0.39, 0.29) is 7.69 Å². The lowest BCUT2D eigenvalue weighted by Gasteiger charge is -1.96. The van der Waals surface area contributed by atoms with Gasteiger partial charge in [-0.05, 0) is 0 Å². The molecule has 0 N–H and O–H groups in total. The minimum atomic E-state index is -0.0833. The van der Waals surface area contributed by atoms with E-state index in [1.807, 2.05) is 0 Å². The molecule has 0 atom stereocenters. The molecule has 0 aliphatic carbocycles. The van der Waals surface area contributed by atoms with E-state index in [1.165, 1.54) is 0 Å². The van der Waals surface area contributed by atoms with Crippen LogP contribution in [0.1, 0.15) is 0 Å². The highest BCUT2D eigenvalue weighted by Gasteiger charge is 1.55. The standard InChI is InChI=1S/BF2O2/c2-4-1-5-3/q-1. The average molecular weight is 80.8 g/mol. The van der Waals surface area contributed by atoms with Crippen LogP contribution >= 0.6 is 0 Å². The van der Waals surface area contributed by atoms with Gasteiger partial charge in [0.1, 0.15) is 7.69 Å². The van der Waals surface area contributed by atoms with Crippen LogP contribution in [-0.4, -0.2) is 7.69 Å². The third kappa shape index (κ3) is 3.84. The van der Waals surface area contributed by atoms with Gasteiger partial charge < -0.3 is 9.72 Å². The van der Waals surface area contributed by atoms with Crippen molar-refractivity contribution in [1.82, 2.24) is 0 Å². The summed E-state index contributed by atoms with van der Waals surface area (Å²) < 4.78 is 20.1. The van der Waals surface area contributed by atoms with E-state index in [9.17, 15) is 9.05 Å². The van der Waals surface area contributed by atoms with Gasteiger partial charge in [0.15, 0.2) is 0 Å². The normalized spacial score (nSPS) is 8.40. The fourth-order valence-corrected chi connectivity index (χ4v) is 0.0137. The van der Waals surface area contributed by atoms with E-state index < -0.39 is 0 Å². The molecule has 2 radical (unpaired) electrons. The van der Waals surface area contributed by atoms with Crippen LogP contribution in [0.2, 0.25) is 0 Å². The van der Waals surface area contributed by atoms with Gasteiger partial charge in [-0.15, -0.1) is 9.05 Å². The molecule has 0 spiro atoms. The third-order valence-electron chi connectivity index (χ3n) is 0.0727. The average Bonchev–Trinajstić information content (AvgIpc) is 1.41. The topological polar surface area (TPSA) is 18.5 Å². The monoisotopic (exact) mass is 81.0 g/mol. The van der Waals surface area contributed by atoms with Crippen molar-refractivity contribution in [2.75, 3.05) is 0 Å². The summed E-state index contributed by atoms with van der Waals surface area (Å²) in [7, 11) is -0.0833. The van der Waals surface area contributed by atoms with Crippen LogP contribution in [0.4, 0.5) is 9.05 Å². The van der Waals surface area contributed by atoms with Gasteiger partial charge in [-0.2, -0.15) is 0 Å². The van der Waals surface area contributed by atoms with Gasteiger partial charge in [0, 0.05) is 0 Å². The van der Waals surface area contributed by atoms with E-state index in [4.69, 9.17) is 0 Å². The van der Waals surface area contributed by atoms with Gasteiger partial charge in [0.2, 0.25) is 0 Å². The molecule has 0 rings (SSSR count). The molecular weight excluding hydrogens is 80.8 g/mol. The highest BCUT2D eigenvalue weighted by molar-refractivity contribution is 6.16. The van der Waals surface area contributed by atoms with Gasteiger partial charge in [0.25, 0.3) is 0 Å². The summed E-state index contributed by atoms with van der Waals surface area (Å²) in [5.74, 6) is 0. The molecule has 0 fully saturated rings. The molecule has 0 aromatic rings. The van der Waals surface area contributed by atoms with Gasteiger partial charge >= 0.3 is 0 Å². The molecular formula is BF2O2-. The van der Waals surface area contributed by atoms with E-state index in [1.54, 1.807) is 0 Å². The van der Waals surface area contributed by atoms with Crippen molar-refractivity contribution in [2.24, 2.45) is 0 Å². The summed E-state index contributed by atoms with van der Waals surface area (Å²) in [5.41, 5.74) is 0. The second kappa shape index (κ2) is 3.84. The van der Waals surface area contributed by atoms with E-state index in [2.05, 4.69) is 9.72 Å². The Hall–Kier alpha value is -0.155. The quantitative estimate of drug-likeness (QED) is 0.445. The molecule has 0 saturated carbocycles. The molecule has 5 heteroatoms. The van der Waals surface area contributed by atoms with Crippen LogP contribution in [0.3, 0.4) is 0 Å². The molecule has 0 aliphatic rings. The Balaban J connectivity index is 2.19. The summed E-state index contributed by atoms with van der Waals surface area (Å²) >= 11 is 0. The fourth-order valence-electron chi connectivity index (χ4n) is 0.0137. The van der Waals surface area contributed by atoms with Crippen molar-refractivity contribution in [1.29, 1.82) is 0 Å². The largest absolute Gasteiger partial charge is 0.451 e. The molecule has 0 aromatic heterocycles. The molecule has 0 saturated heterocycles. The number of rotatable bonds is 2. The first-order valence-corrected chi connectivity index (χ1v) is 0.780. The second-order valence-corrected chi connectivity index (χ2v) is 0.274. The van der Waals surface area contributed by atoms with Crippen LogP contribution in [0.25, 0.3) is 0 Å². The summed E-state index contributed by atoms with van der Waals surface area (Å²) in [5, 5.41) is 0. The second-order valence-electron chi connectivity index (χ2n) is 0.274. The Morgan fingerprint density at radius 1 is 1.20 bits per heavy atom. The summed E-state index contributed by atoms with van der Waals surface area (Å²) in [6.45, 7) is 0.